The number of carbonyl (C=O) groups excluding carboxylic acids is 1. The van der Waals surface area contributed by atoms with Gasteiger partial charge in [-0.1, -0.05) is 0 Å². The van der Waals surface area contributed by atoms with Crippen LogP contribution in [0.4, 0.5) is 10.1 Å². The van der Waals surface area contributed by atoms with E-state index in [0.29, 0.717) is 24.7 Å². The molecule has 0 fully saturated rings. The van der Waals surface area contributed by atoms with Crippen LogP contribution in [0.25, 0.3) is 0 Å². The number of benzene rings is 2. The van der Waals surface area contributed by atoms with Crippen LogP contribution in [0.1, 0.15) is 0 Å². The molecule has 6 heteroatoms. The summed E-state index contributed by atoms with van der Waals surface area (Å²) in [5.74, 6) is 1.22. The van der Waals surface area contributed by atoms with Gasteiger partial charge in [-0.2, -0.15) is 0 Å². The van der Waals surface area contributed by atoms with Crippen molar-refractivity contribution in [2.24, 2.45) is 0 Å². The highest BCUT2D eigenvalue weighted by molar-refractivity contribution is 8.00. The van der Waals surface area contributed by atoms with Crippen LogP contribution in [0.5, 0.6) is 11.5 Å². The first-order valence-electron chi connectivity index (χ1n) is 6.78. The van der Waals surface area contributed by atoms with Crippen LogP contribution in [-0.4, -0.2) is 24.9 Å². The lowest BCUT2D eigenvalue weighted by molar-refractivity contribution is -0.113. The molecule has 1 aliphatic rings. The number of nitrogens with one attached hydrogen (secondary N) is 1. The number of fused-ring (bicyclic) bond motifs is 1. The second kappa shape index (κ2) is 6.70. The maximum Gasteiger partial charge on any atom is 0.234 e. The van der Waals surface area contributed by atoms with E-state index in [1.165, 1.54) is 36.0 Å². The zero-order valence-electron chi connectivity index (χ0n) is 11.7. The molecule has 2 aromatic rings. The smallest absolute Gasteiger partial charge is 0.234 e. The van der Waals surface area contributed by atoms with E-state index in [0.717, 1.165) is 10.6 Å². The van der Waals surface area contributed by atoms with Crippen molar-refractivity contribution in [2.75, 3.05) is 24.3 Å². The number of carbonyl (C=O) groups is 1. The van der Waals surface area contributed by atoms with Gasteiger partial charge in [-0.05, 0) is 42.5 Å². The second-order valence-electron chi connectivity index (χ2n) is 4.65. The van der Waals surface area contributed by atoms with E-state index in [4.69, 9.17) is 9.47 Å². The Kier molecular flexibility index (Phi) is 4.48. The number of ether oxygens (including phenoxy) is 2. The van der Waals surface area contributed by atoms with Gasteiger partial charge in [0.15, 0.2) is 11.5 Å². The fourth-order valence-corrected chi connectivity index (χ4v) is 2.72. The molecule has 114 valence electrons. The van der Waals surface area contributed by atoms with Gasteiger partial charge in [-0.15, -0.1) is 11.8 Å². The molecular weight excluding hydrogens is 305 g/mol. The summed E-state index contributed by atoms with van der Waals surface area (Å²) >= 11 is 1.40. The Hall–Kier alpha value is -2.21. The fourth-order valence-electron chi connectivity index (χ4n) is 1.99. The predicted molar refractivity (Wildman–Crippen MR) is 83.2 cm³/mol. The van der Waals surface area contributed by atoms with Crippen molar-refractivity contribution in [3.05, 3.63) is 48.3 Å². The molecule has 1 amide bonds. The SMILES string of the molecule is O=C(CSc1ccc2c(c1)OCCO2)Nc1ccc(F)cc1. The van der Waals surface area contributed by atoms with Gasteiger partial charge in [0, 0.05) is 10.6 Å². The average Bonchev–Trinajstić information content (AvgIpc) is 2.55. The Morgan fingerprint density at radius 3 is 2.59 bits per heavy atom. The van der Waals surface area contributed by atoms with Crippen molar-refractivity contribution < 1.29 is 18.7 Å². The second-order valence-corrected chi connectivity index (χ2v) is 5.70. The highest BCUT2D eigenvalue weighted by Crippen LogP contribution is 2.34. The van der Waals surface area contributed by atoms with Crippen molar-refractivity contribution in [3.8, 4) is 11.5 Å². The highest BCUT2D eigenvalue weighted by atomic mass is 32.2. The van der Waals surface area contributed by atoms with Gasteiger partial charge in [0.25, 0.3) is 0 Å². The summed E-state index contributed by atoms with van der Waals surface area (Å²) in [4.78, 5) is 12.8. The Balaban J connectivity index is 1.55. The molecule has 0 bridgehead atoms. The van der Waals surface area contributed by atoms with E-state index in [1.54, 1.807) is 0 Å². The minimum absolute atomic E-state index is 0.147. The molecule has 0 aromatic heterocycles. The van der Waals surface area contributed by atoms with Crippen molar-refractivity contribution >= 4 is 23.4 Å². The van der Waals surface area contributed by atoms with Crippen LogP contribution in [-0.2, 0) is 4.79 Å². The molecular formula is C16H14FNO3S. The first-order chi connectivity index (χ1) is 10.7. The average molecular weight is 319 g/mol. The van der Waals surface area contributed by atoms with Crippen molar-refractivity contribution in [1.82, 2.24) is 0 Å². The molecule has 1 N–H and O–H groups in total. The summed E-state index contributed by atoms with van der Waals surface area (Å²) in [5, 5.41) is 2.72. The van der Waals surface area contributed by atoms with Crippen molar-refractivity contribution in [3.63, 3.8) is 0 Å². The lowest BCUT2D eigenvalue weighted by atomic mass is 10.3. The summed E-state index contributed by atoms with van der Waals surface area (Å²) in [6, 6.07) is 11.3. The van der Waals surface area contributed by atoms with Crippen LogP contribution in [0.3, 0.4) is 0 Å². The summed E-state index contributed by atoms with van der Waals surface area (Å²) < 4.78 is 23.7. The van der Waals surface area contributed by atoms with Gasteiger partial charge in [0.05, 0.1) is 5.75 Å². The summed E-state index contributed by atoms with van der Waals surface area (Å²) in [6.45, 7) is 1.09. The first kappa shape index (κ1) is 14.7. The van der Waals surface area contributed by atoms with E-state index in [9.17, 15) is 9.18 Å². The Morgan fingerprint density at radius 1 is 1.09 bits per heavy atom. The normalized spacial score (nSPS) is 12.8. The monoisotopic (exact) mass is 319 g/mol. The molecule has 2 aromatic carbocycles. The van der Waals surface area contributed by atoms with Crippen LogP contribution in [0.15, 0.2) is 47.4 Å². The largest absolute Gasteiger partial charge is 0.486 e. The summed E-state index contributed by atoms with van der Waals surface area (Å²) in [6.07, 6.45) is 0. The zero-order valence-corrected chi connectivity index (χ0v) is 12.5. The number of thioether (sulfide) groups is 1. The third-order valence-electron chi connectivity index (χ3n) is 3.01. The molecule has 3 rings (SSSR count). The van der Waals surface area contributed by atoms with E-state index < -0.39 is 0 Å². The molecule has 0 saturated heterocycles. The molecule has 1 heterocycles. The highest BCUT2D eigenvalue weighted by Gasteiger charge is 2.12. The zero-order chi connectivity index (χ0) is 15.4. The number of hydrogen-bond acceptors (Lipinski definition) is 4. The van der Waals surface area contributed by atoms with E-state index in [-0.39, 0.29) is 17.5 Å². The molecule has 0 atom stereocenters. The molecule has 22 heavy (non-hydrogen) atoms. The minimum atomic E-state index is -0.330. The predicted octanol–water partition coefficient (Wildman–Crippen LogP) is 3.33. The molecule has 0 spiro atoms. The van der Waals surface area contributed by atoms with E-state index in [1.807, 2.05) is 18.2 Å². The minimum Gasteiger partial charge on any atom is -0.486 e. The van der Waals surface area contributed by atoms with E-state index >= 15 is 0 Å². The quantitative estimate of drug-likeness (QED) is 0.878. The lowest BCUT2D eigenvalue weighted by Gasteiger charge is -2.18. The first-order valence-corrected chi connectivity index (χ1v) is 7.77. The van der Waals surface area contributed by atoms with Crippen LogP contribution >= 0.6 is 11.8 Å². The lowest BCUT2D eigenvalue weighted by Crippen LogP contribution is -2.15. The van der Waals surface area contributed by atoms with Crippen LogP contribution < -0.4 is 14.8 Å². The number of rotatable bonds is 4. The van der Waals surface area contributed by atoms with Crippen molar-refractivity contribution in [2.45, 2.75) is 4.90 Å². The van der Waals surface area contributed by atoms with Gasteiger partial charge in [-0.25, -0.2) is 4.39 Å². The van der Waals surface area contributed by atoms with Crippen LogP contribution in [0.2, 0.25) is 0 Å². The number of halogens is 1. The van der Waals surface area contributed by atoms with Gasteiger partial charge in [0.1, 0.15) is 19.0 Å². The Labute approximate surface area is 131 Å². The summed E-state index contributed by atoms with van der Waals surface area (Å²) in [5.41, 5.74) is 0.578. The maximum absolute atomic E-state index is 12.8. The van der Waals surface area contributed by atoms with E-state index in [2.05, 4.69) is 5.32 Å². The topological polar surface area (TPSA) is 47.6 Å². The van der Waals surface area contributed by atoms with Gasteiger partial charge < -0.3 is 14.8 Å². The number of hydrogen-bond donors (Lipinski definition) is 1. The molecule has 0 unspecified atom stereocenters. The molecule has 0 aliphatic carbocycles. The van der Waals surface area contributed by atoms with Gasteiger partial charge in [0.2, 0.25) is 5.91 Å². The number of anilines is 1. The van der Waals surface area contributed by atoms with Gasteiger partial charge in [-0.3, -0.25) is 4.79 Å². The third-order valence-corrected chi connectivity index (χ3v) is 4.01. The van der Waals surface area contributed by atoms with Crippen LogP contribution in [0, 0.1) is 5.82 Å². The van der Waals surface area contributed by atoms with Crippen molar-refractivity contribution in [1.29, 1.82) is 0 Å². The molecule has 0 saturated carbocycles. The Bertz CT molecular complexity index is 676. The maximum atomic E-state index is 12.8. The summed E-state index contributed by atoms with van der Waals surface area (Å²) in [7, 11) is 0. The molecule has 1 aliphatic heterocycles. The standard InChI is InChI=1S/C16H14FNO3S/c17-11-1-3-12(4-2-11)18-16(19)10-22-13-5-6-14-15(9-13)21-8-7-20-14/h1-6,9H,7-8,10H2,(H,18,19). The Morgan fingerprint density at radius 2 is 1.82 bits per heavy atom. The molecule has 0 radical (unpaired) electrons. The third kappa shape index (κ3) is 3.71. The molecule has 4 nitrogen and oxygen atoms in total. The number of amides is 1. The van der Waals surface area contributed by atoms with Gasteiger partial charge >= 0.3 is 0 Å². The fraction of sp³-hybridized carbons (Fsp3) is 0.188.